The van der Waals surface area contributed by atoms with Gasteiger partial charge in [-0.25, -0.2) is 8.42 Å². The molecule has 148 valence electrons. The summed E-state index contributed by atoms with van der Waals surface area (Å²) in [7, 11) is -3.42. The Labute approximate surface area is 165 Å². The average Bonchev–Trinajstić information content (AvgIpc) is 3.29. The Balaban J connectivity index is 1.28. The summed E-state index contributed by atoms with van der Waals surface area (Å²) in [5, 5.41) is 0. The van der Waals surface area contributed by atoms with Gasteiger partial charge in [-0.2, -0.15) is 4.31 Å². The normalized spacial score (nSPS) is 25.1. The first-order chi connectivity index (χ1) is 12.9. The number of hydrogen-bond donors (Lipinski definition) is 0. The molecule has 3 fully saturated rings. The zero-order valence-electron chi connectivity index (χ0n) is 15.6. The minimum atomic E-state index is -3.42. The van der Waals surface area contributed by atoms with E-state index in [9.17, 15) is 13.2 Å². The van der Waals surface area contributed by atoms with Gasteiger partial charge in [0.05, 0.1) is 11.0 Å². The van der Waals surface area contributed by atoms with E-state index in [1.165, 1.54) is 0 Å². The fourth-order valence-corrected chi connectivity index (χ4v) is 7.33. The summed E-state index contributed by atoms with van der Waals surface area (Å²) >= 11 is 1.78. The van der Waals surface area contributed by atoms with Crippen LogP contribution in [0, 0.1) is 6.92 Å². The van der Waals surface area contributed by atoms with E-state index in [1.807, 2.05) is 24.0 Å². The molecule has 27 heavy (non-hydrogen) atoms. The molecule has 8 heteroatoms. The Morgan fingerprint density at radius 1 is 1.22 bits per heavy atom. The zero-order chi connectivity index (χ0) is 19.1. The maximum Gasteiger partial charge on any atom is 0.248 e. The van der Waals surface area contributed by atoms with Gasteiger partial charge in [-0.1, -0.05) is 17.7 Å². The Morgan fingerprint density at radius 2 is 1.89 bits per heavy atom. The topological polar surface area (TPSA) is 66.9 Å². The molecule has 0 aromatic heterocycles. The molecule has 0 aliphatic carbocycles. The van der Waals surface area contributed by atoms with Crippen molar-refractivity contribution in [2.24, 2.45) is 0 Å². The van der Waals surface area contributed by atoms with Gasteiger partial charge in [-0.15, -0.1) is 11.8 Å². The lowest BCUT2D eigenvalue weighted by Gasteiger charge is -2.46. The number of carbonyl (C=O) groups excluding carboxylic acids is 1. The molecule has 1 aromatic carbocycles. The van der Waals surface area contributed by atoms with E-state index >= 15 is 0 Å². The highest BCUT2D eigenvalue weighted by Crippen LogP contribution is 2.47. The molecule has 0 saturated carbocycles. The number of amides is 1. The molecular formula is C19H26N2O4S2. The number of aryl methyl sites for hydroxylation is 1. The molecule has 1 spiro atoms. The molecule has 3 aliphatic rings. The smallest absolute Gasteiger partial charge is 0.248 e. The SMILES string of the molecule is Cc1ccc(S(=O)(=O)N2CC3(C[C@H](OCC(=O)N4CCCC4)CS3)C2)cc1. The number of likely N-dealkylation sites (tertiary alicyclic amines) is 1. The van der Waals surface area contributed by atoms with E-state index in [2.05, 4.69) is 0 Å². The molecule has 0 N–H and O–H groups in total. The van der Waals surface area contributed by atoms with Gasteiger partial charge >= 0.3 is 0 Å². The molecule has 1 atom stereocenters. The monoisotopic (exact) mass is 410 g/mol. The lowest BCUT2D eigenvalue weighted by molar-refractivity contribution is -0.136. The Bertz CT molecular complexity index is 798. The molecule has 0 radical (unpaired) electrons. The van der Waals surface area contributed by atoms with E-state index in [0.29, 0.717) is 18.0 Å². The van der Waals surface area contributed by atoms with Crippen molar-refractivity contribution in [1.82, 2.24) is 9.21 Å². The molecule has 0 bridgehead atoms. The summed E-state index contributed by atoms with van der Waals surface area (Å²) < 4.78 is 32.8. The van der Waals surface area contributed by atoms with Gasteiger partial charge in [0.25, 0.3) is 0 Å². The molecule has 6 nitrogen and oxygen atoms in total. The Hall–Kier alpha value is -1.09. The van der Waals surface area contributed by atoms with Crippen LogP contribution in [-0.2, 0) is 19.6 Å². The van der Waals surface area contributed by atoms with Crippen molar-refractivity contribution in [3.8, 4) is 0 Å². The Kier molecular flexibility index (Phi) is 5.26. The fraction of sp³-hybridized carbons (Fsp3) is 0.632. The van der Waals surface area contributed by atoms with Gasteiger partial charge in [0.15, 0.2) is 0 Å². The largest absolute Gasteiger partial charge is 0.367 e. The van der Waals surface area contributed by atoms with Crippen molar-refractivity contribution in [2.45, 2.75) is 41.9 Å². The van der Waals surface area contributed by atoms with Crippen LogP contribution in [0.4, 0.5) is 0 Å². The number of sulfonamides is 1. The number of carbonyl (C=O) groups is 1. The maximum atomic E-state index is 12.7. The molecule has 0 unspecified atom stereocenters. The molecule has 4 rings (SSSR count). The van der Waals surface area contributed by atoms with Crippen molar-refractivity contribution in [2.75, 3.05) is 38.5 Å². The zero-order valence-corrected chi connectivity index (χ0v) is 17.2. The van der Waals surface area contributed by atoms with Crippen LogP contribution in [0.15, 0.2) is 29.2 Å². The first-order valence-corrected chi connectivity index (χ1v) is 11.9. The number of benzene rings is 1. The van der Waals surface area contributed by atoms with E-state index in [1.54, 1.807) is 28.2 Å². The van der Waals surface area contributed by atoms with Gasteiger partial charge in [0.1, 0.15) is 6.61 Å². The second kappa shape index (κ2) is 7.39. The van der Waals surface area contributed by atoms with Crippen LogP contribution in [0.2, 0.25) is 0 Å². The van der Waals surface area contributed by atoms with Gasteiger partial charge in [-0.05, 0) is 38.3 Å². The van der Waals surface area contributed by atoms with Gasteiger partial charge < -0.3 is 9.64 Å². The standard InChI is InChI=1S/C19H26N2O4S2/c1-15-4-6-17(7-5-15)27(23,24)21-13-19(14-21)10-16(12-26-19)25-11-18(22)20-8-2-3-9-20/h4-7,16H,2-3,8-14H2,1H3/t16-/m0/s1. The minimum absolute atomic E-state index is 0.0331. The van der Waals surface area contributed by atoms with Gasteiger partial charge in [0.2, 0.25) is 15.9 Å². The van der Waals surface area contributed by atoms with Crippen LogP contribution in [-0.4, -0.2) is 72.9 Å². The van der Waals surface area contributed by atoms with E-state index in [0.717, 1.165) is 43.7 Å². The highest BCUT2D eigenvalue weighted by molar-refractivity contribution is 8.01. The quantitative estimate of drug-likeness (QED) is 0.742. The van der Waals surface area contributed by atoms with E-state index in [4.69, 9.17) is 4.74 Å². The highest BCUT2D eigenvalue weighted by atomic mass is 32.2. The highest BCUT2D eigenvalue weighted by Gasteiger charge is 2.53. The predicted octanol–water partition coefficient (Wildman–Crippen LogP) is 1.88. The molecular weight excluding hydrogens is 384 g/mol. The lowest BCUT2D eigenvalue weighted by atomic mass is 9.95. The third kappa shape index (κ3) is 3.90. The first kappa shape index (κ1) is 19.2. The van der Waals surface area contributed by atoms with Crippen LogP contribution in [0.25, 0.3) is 0 Å². The second-order valence-corrected chi connectivity index (χ2v) is 11.2. The minimum Gasteiger partial charge on any atom is -0.367 e. The third-order valence-electron chi connectivity index (χ3n) is 5.66. The molecule has 3 aliphatic heterocycles. The van der Waals surface area contributed by atoms with E-state index < -0.39 is 10.0 Å². The van der Waals surface area contributed by atoms with Crippen molar-refractivity contribution in [3.05, 3.63) is 29.8 Å². The summed E-state index contributed by atoms with van der Waals surface area (Å²) in [5.74, 6) is 0.904. The average molecular weight is 411 g/mol. The number of ether oxygens (including phenoxy) is 1. The number of thioether (sulfide) groups is 1. The molecule has 3 heterocycles. The molecule has 1 amide bonds. The number of hydrogen-bond acceptors (Lipinski definition) is 5. The number of nitrogens with zero attached hydrogens (tertiary/aromatic N) is 2. The van der Waals surface area contributed by atoms with Gasteiger partial charge in [-0.3, -0.25) is 4.79 Å². The number of rotatable bonds is 5. The van der Waals surface area contributed by atoms with Crippen LogP contribution in [0.1, 0.15) is 24.8 Å². The predicted molar refractivity (Wildman–Crippen MR) is 105 cm³/mol. The molecule has 1 aromatic rings. The lowest BCUT2D eigenvalue weighted by Crippen LogP contribution is -2.60. The summed E-state index contributed by atoms with van der Waals surface area (Å²) in [6, 6.07) is 7.00. The van der Waals surface area contributed by atoms with Crippen LogP contribution >= 0.6 is 11.8 Å². The summed E-state index contributed by atoms with van der Waals surface area (Å²) in [6.07, 6.45) is 3.01. The summed E-state index contributed by atoms with van der Waals surface area (Å²) in [4.78, 5) is 14.3. The van der Waals surface area contributed by atoms with Crippen LogP contribution < -0.4 is 0 Å². The van der Waals surface area contributed by atoms with Crippen LogP contribution in [0.3, 0.4) is 0 Å². The Morgan fingerprint density at radius 3 is 2.56 bits per heavy atom. The fourth-order valence-electron chi connectivity index (χ4n) is 4.00. The van der Waals surface area contributed by atoms with Crippen molar-refractivity contribution in [1.29, 1.82) is 0 Å². The second-order valence-electron chi connectivity index (χ2n) is 7.81. The molecule has 3 saturated heterocycles. The van der Waals surface area contributed by atoms with Crippen LogP contribution in [0.5, 0.6) is 0 Å². The van der Waals surface area contributed by atoms with Crippen molar-refractivity contribution in [3.63, 3.8) is 0 Å². The van der Waals surface area contributed by atoms with E-state index in [-0.39, 0.29) is 23.4 Å². The first-order valence-electron chi connectivity index (χ1n) is 9.48. The van der Waals surface area contributed by atoms with Crippen molar-refractivity contribution >= 4 is 27.7 Å². The summed E-state index contributed by atoms with van der Waals surface area (Å²) in [5.41, 5.74) is 1.05. The third-order valence-corrected chi connectivity index (χ3v) is 9.05. The van der Waals surface area contributed by atoms with Crippen molar-refractivity contribution < 1.29 is 17.9 Å². The maximum absolute atomic E-state index is 12.7. The van der Waals surface area contributed by atoms with Gasteiger partial charge in [0, 0.05) is 36.7 Å². The summed E-state index contributed by atoms with van der Waals surface area (Å²) in [6.45, 7) is 4.82.